The molecule has 1 aromatic rings. The lowest BCUT2D eigenvalue weighted by Gasteiger charge is -2.13. The third kappa shape index (κ3) is 4.18. The Morgan fingerprint density at radius 3 is 2.84 bits per heavy atom. The Hall–Kier alpha value is -0.620. The van der Waals surface area contributed by atoms with E-state index in [1.54, 1.807) is 0 Å². The summed E-state index contributed by atoms with van der Waals surface area (Å²) < 4.78 is 38.2. The van der Waals surface area contributed by atoms with Crippen molar-refractivity contribution in [2.45, 2.75) is 43.8 Å². The van der Waals surface area contributed by atoms with Crippen LogP contribution in [0.2, 0.25) is 0 Å². The molecule has 1 N–H and O–H groups in total. The second kappa shape index (κ2) is 6.22. The average molecular weight is 292 g/mol. The number of hydrogen-bond donors (Lipinski definition) is 1. The standard InChI is InChI=1S/C13H19F3N2S/c1-17-12-5-3-2-4-10-8-18(9-11(10)12)6-7-19-13(14,15)16/h8-9,12,17H,2-7H2,1H3. The van der Waals surface area contributed by atoms with Gasteiger partial charge in [-0.05, 0) is 49.2 Å². The minimum absolute atomic E-state index is 0.0486. The van der Waals surface area contributed by atoms with Gasteiger partial charge in [0.1, 0.15) is 0 Å². The summed E-state index contributed by atoms with van der Waals surface area (Å²) in [7, 11) is 1.94. The van der Waals surface area contributed by atoms with Gasteiger partial charge in [-0.1, -0.05) is 6.42 Å². The van der Waals surface area contributed by atoms with Gasteiger partial charge in [-0.15, -0.1) is 0 Å². The highest BCUT2D eigenvalue weighted by Crippen LogP contribution is 2.31. The van der Waals surface area contributed by atoms with Crippen molar-refractivity contribution in [2.24, 2.45) is 0 Å². The summed E-state index contributed by atoms with van der Waals surface area (Å²) in [5.41, 5.74) is -1.58. The minimum atomic E-state index is -4.13. The molecule has 0 amide bonds. The Bertz CT molecular complexity index is 415. The van der Waals surface area contributed by atoms with Crippen LogP contribution >= 0.6 is 11.8 Å². The maximum absolute atomic E-state index is 12.1. The molecule has 0 spiro atoms. The summed E-state index contributed by atoms with van der Waals surface area (Å²) in [6, 6.07) is 0.342. The maximum atomic E-state index is 12.1. The molecule has 1 aromatic heterocycles. The van der Waals surface area contributed by atoms with E-state index < -0.39 is 5.51 Å². The van der Waals surface area contributed by atoms with Crippen LogP contribution in [0, 0.1) is 0 Å². The normalized spacial score (nSPS) is 20.1. The molecule has 1 heterocycles. The fourth-order valence-electron chi connectivity index (χ4n) is 2.61. The molecule has 0 aliphatic heterocycles. The zero-order valence-electron chi connectivity index (χ0n) is 11.0. The first kappa shape index (κ1) is 14.8. The van der Waals surface area contributed by atoms with E-state index in [1.165, 1.54) is 17.5 Å². The molecule has 1 unspecified atom stereocenters. The van der Waals surface area contributed by atoms with Crippen LogP contribution in [0.25, 0.3) is 0 Å². The lowest BCUT2D eigenvalue weighted by Crippen LogP contribution is -2.15. The first-order valence-electron chi connectivity index (χ1n) is 6.56. The first-order valence-corrected chi connectivity index (χ1v) is 7.54. The molecule has 1 aliphatic rings. The van der Waals surface area contributed by atoms with Gasteiger partial charge in [0.15, 0.2) is 0 Å². The highest BCUT2D eigenvalue weighted by Gasteiger charge is 2.27. The molecule has 108 valence electrons. The number of fused-ring (bicyclic) bond motifs is 1. The van der Waals surface area contributed by atoms with Crippen LogP contribution in [0.4, 0.5) is 13.2 Å². The van der Waals surface area contributed by atoms with E-state index in [-0.39, 0.29) is 17.5 Å². The monoisotopic (exact) mass is 292 g/mol. The Balaban J connectivity index is 2.00. The van der Waals surface area contributed by atoms with Gasteiger partial charge in [-0.25, -0.2) is 0 Å². The van der Waals surface area contributed by atoms with Crippen molar-refractivity contribution in [3.63, 3.8) is 0 Å². The Morgan fingerprint density at radius 1 is 1.37 bits per heavy atom. The Labute approximate surface area is 115 Å². The fourth-order valence-corrected chi connectivity index (χ4v) is 3.14. The number of nitrogens with one attached hydrogen (secondary N) is 1. The molecular formula is C13H19F3N2S. The second-order valence-corrected chi connectivity index (χ2v) is 6.02. The van der Waals surface area contributed by atoms with E-state index >= 15 is 0 Å². The molecule has 0 bridgehead atoms. The van der Waals surface area contributed by atoms with Gasteiger partial charge in [0.25, 0.3) is 0 Å². The number of halogens is 3. The fraction of sp³-hybridized carbons (Fsp3) is 0.692. The minimum Gasteiger partial charge on any atom is -0.353 e. The van der Waals surface area contributed by atoms with Gasteiger partial charge in [0.2, 0.25) is 0 Å². The van der Waals surface area contributed by atoms with Crippen molar-refractivity contribution in [3.8, 4) is 0 Å². The van der Waals surface area contributed by atoms with Crippen molar-refractivity contribution >= 4 is 11.8 Å². The first-order chi connectivity index (χ1) is 8.99. The topological polar surface area (TPSA) is 17.0 Å². The molecule has 1 aliphatic carbocycles. The number of aromatic nitrogens is 1. The predicted octanol–water partition coefficient (Wildman–Crippen LogP) is 3.73. The van der Waals surface area contributed by atoms with Crippen LogP contribution in [-0.4, -0.2) is 22.9 Å². The molecule has 0 fully saturated rings. The SMILES string of the molecule is CNC1CCCCc2cn(CCSC(F)(F)F)cc21. The predicted molar refractivity (Wildman–Crippen MR) is 72.3 cm³/mol. The number of aryl methyl sites for hydroxylation is 2. The van der Waals surface area contributed by atoms with Crippen molar-refractivity contribution in [1.82, 2.24) is 9.88 Å². The zero-order valence-corrected chi connectivity index (χ0v) is 11.8. The number of hydrogen-bond acceptors (Lipinski definition) is 2. The number of nitrogens with zero attached hydrogens (tertiary/aromatic N) is 1. The zero-order chi connectivity index (χ0) is 13.9. The highest BCUT2D eigenvalue weighted by atomic mass is 32.2. The Morgan fingerprint density at radius 2 is 2.16 bits per heavy atom. The molecule has 6 heteroatoms. The molecule has 0 saturated heterocycles. The molecule has 0 aromatic carbocycles. The summed E-state index contributed by atoms with van der Waals surface area (Å²) in [6.45, 7) is 0.410. The van der Waals surface area contributed by atoms with Crippen molar-refractivity contribution in [3.05, 3.63) is 23.5 Å². The van der Waals surface area contributed by atoms with Gasteiger partial charge >= 0.3 is 5.51 Å². The van der Waals surface area contributed by atoms with Crippen LogP contribution in [-0.2, 0) is 13.0 Å². The van der Waals surface area contributed by atoms with Crippen molar-refractivity contribution < 1.29 is 13.2 Å². The molecule has 0 saturated carbocycles. The summed E-state index contributed by atoms with van der Waals surface area (Å²) in [5, 5.41) is 3.30. The average Bonchev–Trinajstić information content (AvgIpc) is 2.62. The third-order valence-corrected chi connectivity index (χ3v) is 4.24. The van der Waals surface area contributed by atoms with E-state index in [0.717, 1.165) is 19.3 Å². The lowest BCUT2D eigenvalue weighted by molar-refractivity contribution is -0.0328. The smallest absolute Gasteiger partial charge is 0.353 e. The van der Waals surface area contributed by atoms with Gasteiger partial charge in [-0.3, -0.25) is 0 Å². The van der Waals surface area contributed by atoms with Crippen LogP contribution in [0.15, 0.2) is 12.4 Å². The summed E-state index contributed by atoms with van der Waals surface area (Å²) in [6.07, 6.45) is 8.52. The summed E-state index contributed by atoms with van der Waals surface area (Å²) >= 11 is 0.0486. The van der Waals surface area contributed by atoms with Gasteiger partial charge in [0.05, 0.1) is 0 Å². The number of thioether (sulfide) groups is 1. The number of rotatable bonds is 4. The van der Waals surface area contributed by atoms with E-state index in [4.69, 9.17) is 0 Å². The molecule has 0 radical (unpaired) electrons. The maximum Gasteiger partial charge on any atom is 0.441 e. The molecule has 19 heavy (non-hydrogen) atoms. The Kier molecular flexibility index (Phi) is 4.84. The highest BCUT2D eigenvalue weighted by molar-refractivity contribution is 8.00. The van der Waals surface area contributed by atoms with Gasteiger partial charge in [-0.2, -0.15) is 13.2 Å². The lowest BCUT2D eigenvalue weighted by atomic mass is 10.1. The van der Waals surface area contributed by atoms with Crippen LogP contribution in [0.1, 0.15) is 36.4 Å². The van der Waals surface area contributed by atoms with E-state index in [9.17, 15) is 13.2 Å². The third-order valence-electron chi connectivity index (χ3n) is 3.53. The van der Waals surface area contributed by atoms with E-state index in [1.807, 2.05) is 24.0 Å². The number of alkyl halides is 3. The molecule has 2 nitrogen and oxygen atoms in total. The largest absolute Gasteiger partial charge is 0.441 e. The molecular weight excluding hydrogens is 273 g/mol. The van der Waals surface area contributed by atoms with Gasteiger partial charge in [0, 0.05) is 30.7 Å². The summed E-state index contributed by atoms with van der Waals surface area (Å²) in [5.74, 6) is 0.0707. The molecule has 1 atom stereocenters. The quantitative estimate of drug-likeness (QED) is 0.852. The van der Waals surface area contributed by atoms with Crippen LogP contribution in [0.5, 0.6) is 0 Å². The summed E-state index contributed by atoms with van der Waals surface area (Å²) in [4.78, 5) is 0. The van der Waals surface area contributed by atoms with Crippen molar-refractivity contribution in [2.75, 3.05) is 12.8 Å². The van der Waals surface area contributed by atoms with Crippen LogP contribution < -0.4 is 5.32 Å². The van der Waals surface area contributed by atoms with E-state index in [2.05, 4.69) is 5.32 Å². The van der Waals surface area contributed by atoms with Crippen LogP contribution in [0.3, 0.4) is 0 Å². The van der Waals surface area contributed by atoms with E-state index in [0.29, 0.717) is 12.6 Å². The van der Waals surface area contributed by atoms with Gasteiger partial charge < -0.3 is 9.88 Å². The van der Waals surface area contributed by atoms with Crippen molar-refractivity contribution in [1.29, 1.82) is 0 Å². The second-order valence-electron chi connectivity index (χ2n) is 4.86. The molecule has 2 rings (SSSR count).